The van der Waals surface area contributed by atoms with E-state index in [0.717, 1.165) is 5.56 Å². The quantitative estimate of drug-likeness (QED) is 0.754. The Bertz CT molecular complexity index is 392. The molecular weight excluding hydrogens is 218 g/mol. The van der Waals surface area contributed by atoms with E-state index in [2.05, 4.69) is 0 Å². The van der Waals surface area contributed by atoms with Crippen LogP contribution in [0.15, 0.2) is 30.3 Å². The van der Waals surface area contributed by atoms with E-state index in [9.17, 15) is 9.59 Å². The molecule has 1 aromatic rings. The second-order valence-corrected chi connectivity index (χ2v) is 3.86. The molecule has 1 rings (SSSR count). The maximum absolute atomic E-state index is 11.9. The van der Waals surface area contributed by atoms with E-state index in [1.165, 1.54) is 4.90 Å². The molecule has 0 aliphatic carbocycles. The van der Waals surface area contributed by atoms with E-state index in [1.54, 1.807) is 19.2 Å². The van der Waals surface area contributed by atoms with Crippen molar-refractivity contribution < 1.29 is 9.59 Å². The average Bonchev–Trinajstić information content (AvgIpc) is 2.35. The van der Waals surface area contributed by atoms with Crippen molar-refractivity contribution in [2.45, 2.75) is 12.5 Å². The molecule has 0 bridgehead atoms. The van der Waals surface area contributed by atoms with Crippen molar-refractivity contribution in [2.75, 3.05) is 13.6 Å². The van der Waals surface area contributed by atoms with Crippen LogP contribution < -0.4 is 11.5 Å². The molecule has 0 saturated carbocycles. The van der Waals surface area contributed by atoms with E-state index < -0.39 is 11.9 Å². The summed E-state index contributed by atoms with van der Waals surface area (Å²) in [6, 6.07) is 8.40. The Morgan fingerprint density at radius 3 is 2.41 bits per heavy atom. The predicted molar refractivity (Wildman–Crippen MR) is 64.8 cm³/mol. The molecule has 0 saturated heterocycles. The van der Waals surface area contributed by atoms with Crippen molar-refractivity contribution in [3.8, 4) is 0 Å². The molecular formula is C12H17N3O2. The Morgan fingerprint density at radius 2 is 1.88 bits per heavy atom. The molecule has 0 heterocycles. The van der Waals surface area contributed by atoms with Crippen molar-refractivity contribution in [3.63, 3.8) is 0 Å². The Hall–Kier alpha value is -1.88. The molecule has 0 aliphatic rings. The van der Waals surface area contributed by atoms with Crippen LogP contribution in [0.3, 0.4) is 0 Å². The lowest BCUT2D eigenvalue weighted by atomic mass is 10.1. The molecule has 17 heavy (non-hydrogen) atoms. The smallest absolute Gasteiger partial charge is 0.243 e. The summed E-state index contributed by atoms with van der Waals surface area (Å²) in [6.07, 6.45) is 0.143. The second-order valence-electron chi connectivity index (χ2n) is 3.86. The number of likely N-dealkylation sites (N-methyl/N-ethyl adjacent to an activating group) is 1. The Morgan fingerprint density at radius 1 is 1.29 bits per heavy atom. The third-order valence-electron chi connectivity index (χ3n) is 2.49. The Balaban J connectivity index is 2.60. The molecule has 4 N–H and O–H groups in total. The average molecular weight is 235 g/mol. The number of rotatable bonds is 5. The molecule has 1 unspecified atom stereocenters. The first-order valence-electron chi connectivity index (χ1n) is 5.36. The number of nitrogens with zero attached hydrogens (tertiary/aromatic N) is 1. The zero-order chi connectivity index (χ0) is 12.8. The lowest BCUT2D eigenvalue weighted by Crippen LogP contribution is -2.37. The highest BCUT2D eigenvalue weighted by molar-refractivity contribution is 5.83. The highest BCUT2D eigenvalue weighted by atomic mass is 16.2. The SMILES string of the molecule is CN(CCC(N)=O)C(=O)C(N)c1ccccc1. The Labute approximate surface area is 100 Å². The van der Waals surface area contributed by atoms with Gasteiger partial charge in [-0.1, -0.05) is 30.3 Å². The summed E-state index contributed by atoms with van der Waals surface area (Å²) in [5, 5.41) is 0. The van der Waals surface area contributed by atoms with Crippen molar-refractivity contribution in [3.05, 3.63) is 35.9 Å². The van der Waals surface area contributed by atoms with Crippen LogP contribution in [0.1, 0.15) is 18.0 Å². The molecule has 2 amide bonds. The summed E-state index contributed by atoms with van der Waals surface area (Å²) in [4.78, 5) is 23.9. The van der Waals surface area contributed by atoms with Gasteiger partial charge in [-0.15, -0.1) is 0 Å². The zero-order valence-corrected chi connectivity index (χ0v) is 9.80. The van der Waals surface area contributed by atoms with Crippen LogP contribution >= 0.6 is 0 Å². The fourth-order valence-corrected chi connectivity index (χ4v) is 1.43. The number of hydrogen-bond acceptors (Lipinski definition) is 3. The van der Waals surface area contributed by atoms with Gasteiger partial charge in [0.15, 0.2) is 0 Å². The summed E-state index contributed by atoms with van der Waals surface area (Å²) in [5.74, 6) is -0.657. The van der Waals surface area contributed by atoms with Crippen LogP contribution in [-0.4, -0.2) is 30.3 Å². The number of carbonyl (C=O) groups excluding carboxylic acids is 2. The van der Waals surface area contributed by atoms with E-state index in [4.69, 9.17) is 11.5 Å². The number of primary amides is 1. The summed E-state index contributed by atoms with van der Waals surface area (Å²) in [7, 11) is 1.61. The van der Waals surface area contributed by atoms with Crippen LogP contribution in [0.2, 0.25) is 0 Å². The van der Waals surface area contributed by atoms with Gasteiger partial charge in [-0.05, 0) is 5.56 Å². The minimum Gasteiger partial charge on any atom is -0.370 e. The third-order valence-corrected chi connectivity index (χ3v) is 2.49. The molecule has 0 aromatic heterocycles. The van der Waals surface area contributed by atoms with Crippen LogP contribution in [0.25, 0.3) is 0 Å². The fraction of sp³-hybridized carbons (Fsp3) is 0.333. The van der Waals surface area contributed by atoms with Crippen LogP contribution in [0.4, 0.5) is 0 Å². The number of benzene rings is 1. The Kier molecular flexibility index (Phi) is 4.66. The summed E-state index contributed by atoms with van der Waals surface area (Å²) < 4.78 is 0. The molecule has 5 nitrogen and oxygen atoms in total. The predicted octanol–water partition coefficient (Wildman–Crippen LogP) is 0.0202. The maximum atomic E-state index is 11.9. The standard InChI is InChI=1S/C12H17N3O2/c1-15(8-7-10(13)16)12(17)11(14)9-5-3-2-4-6-9/h2-6,11H,7-8,14H2,1H3,(H2,13,16). The number of nitrogens with two attached hydrogens (primary N) is 2. The van der Waals surface area contributed by atoms with Crippen LogP contribution in [0.5, 0.6) is 0 Å². The summed E-state index contributed by atoms with van der Waals surface area (Å²) in [5.41, 5.74) is 11.6. The highest BCUT2D eigenvalue weighted by Crippen LogP contribution is 2.11. The number of hydrogen-bond donors (Lipinski definition) is 2. The van der Waals surface area contributed by atoms with Crippen molar-refractivity contribution in [2.24, 2.45) is 11.5 Å². The van der Waals surface area contributed by atoms with Gasteiger partial charge in [0.25, 0.3) is 0 Å². The van der Waals surface area contributed by atoms with Gasteiger partial charge in [0.1, 0.15) is 6.04 Å². The first-order chi connectivity index (χ1) is 8.02. The number of carbonyl (C=O) groups is 2. The van der Waals surface area contributed by atoms with E-state index in [0.29, 0.717) is 0 Å². The van der Waals surface area contributed by atoms with Gasteiger partial charge in [-0.2, -0.15) is 0 Å². The molecule has 1 atom stereocenters. The maximum Gasteiger partial charge on any atom is 0.243 e. The van der Waals surface area contributed by atoms with Crippen LogP contribution in [-0.2, 0) is 9.59 Å². The number of amides is 2. The van der Waals surface area contributed by atoms with E-state index in [1.807, 2.05) is 18.2 Å². The van der Waals surface area contributed by atoms with E-state index >= 15 is 0 Å². The minimum atomic E-state index is -0.700. The normalized spacial score (nSPS) is 11.9. The van der Waals surface area contributed by atoms with Gasteiger partial charge in [0, 0.05) is 20.0 Å². The van der Waals surface area contributed by atoms with Gasteiger partial charge in [0.2, 0.25) is 11.8 Å². The molecule has 0 aliphatic heterocycles. The largest absolute Gasteiger partial charge is 0.370 e. The lowest BCUT2D eigenvalue weighted by Gasteiger charge is -2.20. The second kappa shape index (κ2) is 6.00. The van der Waals surface area contributed by atoms with Crippen molar-refractivity contribution >= 4 is 11.8 Å². The molecule has 0 spiro atoms. The monoisotopic (exact) mass is 235 g/mol. The van der Waals surface area contributed by atoms with Crippen molar-refractivity contribution in [1.29, 1.82) is 0 Å². The van der Waals surface area contributed by atoms with Gasteiger partial charge in [0.05, 0.1) is 0 Å². The van der Waals surface area contributed by atoms with Gasteiger partial charge < -0.3 is 16.4 Å². The van der Waals surface area contributed by atoms with Gasteiger partial charge in [-0.25, -0.2) is 0 Å². The lowest BCUT2D eigenvalue weighted by molar-refractivity contribution is -0.131. The fourth-order valence-electron chi connectivity index (χ4n) is 1.43. The minimum absolute atomic E-state index is 0.143. The third kappa shape index (κ3) is 3.88. The zero-order valence-electron chi connectivity index (χ0n) is 9.80. The highest BCUT2D eigenvalue weighted by Gasteiger charge is 2.19. The van der Waals surface area contributed by atoms with Crippen molar-refractivity contribution in [1.82, 2.24) is 4.90 Å². The van der Waals surface area contributed by atoms with Gasteiger partial charge in [-0.3, -0.25) is 9.59 Å². The first-order valence-corrected chi connectivity index (χ1v) is 5.36. The van der Waals surface area contributed by atoms with E-state index in [-0.39, 0.29) is 18.9 Å². The topological polar surface area (TPSA) is 89.4 Å². The van der Waals surface area contributed by atoms with Gasteiger partial charge >= 0.3 is 0 Å². The molecule has 1 aromatic carbocycles. The molecule has 0 fully saturated rings. The molecule has 92 valence electrons. The first kappa shape index (κ1) is 13.2. The summed E-state index contributed by atoms with van der Waals surface area (Å²) in [6.45, 7) is 0.286. The molecule has 5 heteroatoms. The molecule has 0 radical (unpaired) electrons. The van der Waals surface area contributed by atoms with Crippen LogP contribution in [0, 0.1) is 0 Å². The summed E-state index contributed by atoms with van der Waals surface area (Å²) >= 11 is 0.